The van der Waals surface area contributed by atoms with Gasteiger partial charge in [-0.1, -0.05) is 17.8 Å². The fourth-order valence-corrected chi connectivity index (χ4v) is 2.20. The Morgan fingerprint density at radius 3 is 3.00 bits per heavy atom. The fraction of sp³-hybridized carbons (Fsp3) is 0.154. The first-order valence-corrected chi connectivity index (χ1v) is 7.19. The lowest BCUT2D eigenvalue weighted by Gasteiger charge is -2.08. The van der Waals surface area contributed by atoms with Crippen LogP contribution in [-0.4, -0.2) is 33.5 Å². The number of nitrogens with one attached hydrogen (secondary N) is 2. The van der Waals surface area contributed by atoms with Gasteiger partial charge < -0.3 is 10.1 Å². The van der Waals surface area contributed by atoms with Gasteiger partial charge >= 0.3 is 0 Å². The number of methoxy groups -OCH3 is 1. The van der Waals surface area contributed by atoms with Crippen LogP contribution in [0.4, 0.5) is 11.5 Å². The SMILES string of the molecule is COc1cccc(Nc2nc(SC)nc3[nH]ncc23)c1. The first kappa shape index (κ1) is 12.7. The molecule has 0 saturated carbocycles. The zero-order valence-electron chi connectivity index (χ0n) is 11.0. The summed E-state index contributed by atoms with van der Waals surface area (Å²) in [5.74, 6) is 1.51. The average Bonchev–Trinajstić information content (AvgIpc) is 2.96. The standard InChI is InChI=1S/C13H13N5OS/c1-19-9-5-3-4-8(6-9)15-11-10-7-14-18-12(10)17-13(16-11)20-2/h3-7H,1-2H3,(H2,14,15,16,17,18). The van der Waals surface area contributed by atoms with E-state index in [1.54, 1.807) is 13.3 Å². The molecule has 2 heterocycles. The highest BCUT2D eigenvalue weighted by Crippen LogP contribution is 2.26. The summed E-state index contributed by atoms with van der Waals surface area (Å²) in [6.07, 6.45) is 3.65. The molecule has 6 nitrogen and oxygen atoms in total. The number of aromatic nitrogens is 4. The van der Waals surface area contributed by atoms with Gasteiger partial charge in [0, 0.05) is 11.8 Å². The largest absolute Gasteiger partial charge is 0.497 e. The number of aromatic amines is 1. The van der Waals surface area contributed by atoms with Crippen LogP contribution >= 0.6 is 11.8 Å². The van der Waals surface area contributed by atoms with Crippen molar-refractivity contribution in [2.75, 3.05) is 18.7 Å². The van der Waals surface area contributed by atoms with E-state index in [4.69, 9.17) is 4.74 Å². The van der Waals surface area contributed by atoms with E-state index in [0.29, 0.717) is 5.16 Å². The molecule has 0 radical (unpaired) electrons. The zero-order valence-corrected chi connectivity index (χ0v) is 11.9. The van der Waals surface area contributed by atoms with E-state index in [2.05, 4.69) is 25.5 Å². The molecule has 7 heteroatoms. The Labute approximate surface area is 120 Å². The van der Waals surface area contributed by atoms with E-state index in [1.165, 1.54) is 11.8 Å². The van der Waals surface area contributed by atoms with E-state index >= 15 is 0 Å². The lowest BCUT2D eigenvalue weighted by molar-refractivity contribution is 0.415. The molecule has 2 N–H and O–H groups in total. The molecule has 0 aliphatic rings. The lowest BCUT2D eigenvalue weighted by atomic mass is 10.3. The van der Waals surface area contributed by atoms with Gasteiger partial charge in [0.05, 0.1) is 18.7 Å². The third kappa shape index (κ3) is 2.39. The van der Waals surface area contributed by atoms with Crippen molar-refractivity contribution in [3.8, 4) is 5.75 Å². The molecule has 2 aromatic heterocycles. The predicted molar refractivity (Wildman–Crippen MR) is 79.7 cm³/mol. The molecule has 0 unspecified atom stereocenters. The zero-order chi connectivity index (χ0) is 13.9. The molecule has 20 heavy (non-hydrogen) atoms. The molecule has 0 atom stereocenters. The summed E-state index contributed by atoms with van der Waals surface area (Å²) in [4.78, 5) is 8.84. The Balaban J connectivity index is 2.02. The van der Waals surface area contributed by atoms with Crippen molar-refractivity contribution in [3.63, 3.8) is 0 Å². The summed E-state index contributed by atoms with van der Waals surface area (Å²) < 4.78 is 5.21. The van der Waals surface area contributed by atoms with Crippen LogP contribution in [0.25, 0.3) is 11.0 Å². The minimum Gasteiger partial charge on any atom is -0.497 e. The molecule has 102 valence electrons. The minimum absolute atomic E-state index is 0.687. The minimum atomic E-state index is 0.687. The smallest absolute Gasteiger partial charge is 0.191 e. The first-order valence-electron chi connectivity index (χ1n) is 5.96. The summed E-state index contributed by atoms with van der Waals surface area (Å²) in [7, 11) is 1.64. The summed E-state index contributed by atoms with van der Waals surface area (Å²) in [5.41, 5.74) is 1.62. The van der Waals surface area contributed by atoms with Gasteiger partial charge in [-0.25, -0.2) is 9.97 Å². The van der Waals surface area contributed by atoms with E-state index < -0.39 is 0 Å². The summed E-state index contributed by atoms with van der Waals surface area (Å²) in [6.45, 7) is 0. The number of anilines is 2. The molecule has 0 fully saturated rings. The van der Waals surface area contributed by atoms with Crippen molar-refractivity contribution in [1.82, 2.24) is 20.2 Å². The van der Waals surface area contributed by atoms with Crippen molar-refractivity contribution in [3.05, 3.63) is 30.5 Å². The van der Waals surface area contributed by atoms with Gasteiger partial charge in [0.1, 0.15) is 11.6 Å². The second kappa shape index (κ2) is 5.38. The van der Waals surface area contributed by atoms with E-state index in [9.17, 15) is 0 Å². The van der Waals surface area contributed by atoms with Crippen LogP contribution in [-0.2, 0) is 0 Å². The van der Waals surface area contributed by atoms with Gasteiger partial charge in [-0.2, -0.15) is 5.10 Å². The fourth-order valence-electron chi connectivity index (χ4n) is 1.84. The van der Waals surface area contributed by atoms with Gasteiger partial charge in [0.25, 0.3) is 0 Å². The van der Waals surface area contributed by atoms with Gasteiger partial charge in [-0.3, -0.25) is 5.10 Å². The van der Waals surface area contributed by atoms with Crippen LogP contribution in [0.1, 0.15) is 0 Å². The number of ether oxygens (including phenoxy) is 1. The molecule has 0 aliphatic carbocycles. The number of thioether (sulfide) groups is 1. The highest BCUT2D eigenvalue weighted by molar-refractivity contribution is 7.98. The molecule has 3 aromatic rings. The Morgan fingerprint density at radius 1 is 1.30 bits per heavy atom. The number of H-pyrrole nitrogens is 1. The molecule has 0 bridgehead atoms. The van der Waals surface area contributed by atoms with Crippen LogP contribution in [0.2, 0.25) is 0 Å². The predicted octanol–water partition coefficient (Wildman–Crippen LogP) is 2.83. The Kier molecular flexibility index (Phi) is 3.42. The van der Waals surface area contributed by atoms with Gasteiger partial charge in [-0.15, -0.1) is 0 Å². The number of fused-ring (bicyclic) bond motifs is 1. The van der Waals surface area contributed by atoms with Crippen LogP contribution in [0.3, 0.4) is 0 Å². The average molecular weight is 287 g/mol. The van der Waals surface area contributed by atoms with Crippen molar-refractivity contribution < 1.29 is 4.74 Å². The molecule has 3 rings (SSSR count). The van der Waals surface area contributed by atoms with Crippen LogP contribution < -0.4 is 10.1 Å². The highest BCUT2D eigenvalue weighted by Gasteiger charge is 2.09. The van der Waals surface area contributed by atoms with Gasteiger partial charge in [0.15, 0.2) is 10.8 Å². The Bertz CT molecular complexity index is 742. The second-order valence-corrected chi connectivity index (χ2v) is 4.82. The number of nitrogens with zero attached hydrogens (tertiary/aromatic N) is 3. The maximum absolute atomic E-state index is 5.21. The van der Waals surface area contributed by atoms with E-state index in [1.807, 2.05) is 30.5 Å². The first-order chi connectivity index (χ1) is 9.80. The molecule has 0 saturated heterocycles. The van der Waals surface area contributed by atoms with Crippen LogP contribution in [0.5, 0.6) is 5.75 Å². The third-order valence-electron chi connectivity index (χ3n) is 2.80. The number of hydrogen-bond donors (Lipinski definition) is 2. The number of benzene rings is 1. The van der Waals surface area contributed by atoms with Crippen molar-refractivity contribution >= 4 is 34.3 Å². The van der Waals surface area contributed by atoms with Crippen molar-refractivity contribution in [2.45, 2.75) is 5.16 Å². The molecular formula is C13H13N5OS. The maximum Gasteiger partial charge on any atom is 0.191 e. The normalized spacial score (nSPS) is 10.7. The second-order valence-electron chi connectivity index (χ2n) is 4.05. The number of rotatable bonds is 4. The van der Waals surface area contributed by atoms with Crippen LogP contribution in [0.15, 0.2) is 35.6 Å². The lowest BCUT2D eigenvalue weighted by Crippen LogP contribution is -1.98. The summed E-state index contributed by atoms with van der Waals surface area (Å²) in [5, 5.41) is 11.7. The molecule has 0 spiro atoms. The van der Waals surface area contributed by atoms with Crippen molar-refractivity contribution in [2.24, 2.45) is 0 Å². The van der Waals surface area contributed by atoms with Gasteiger partial charge in [0.2, 0.25) is 0 Å². The monoisotopic (exact) mass is 287 g/mol. The van der Waals surface area contributed by atoms with E-state index in [-0.39, 0.29) is 0 Å². The highest BCUT2D eigenvalue weighted by atomic mass is 32.2. The molecule has 1 aromatic carbocycles. The molecular weight excluding hydrogens is 274 g/mol. The van der Waals surface area contributed by atoms with Gasteiger partial charge in [-0.05, 0) is 18.4 Å². The van der Waals surface area contributed by atoms with E-state index in [0.717, 1.165) is 28.3 Å². The molecule has 0 aliphatic heterocycles. The Morgan fingerprint density at radius 2 is 2.20 bits per heavy atom. The quantitative estimate of drug-likeness (QED) is 0.567. The third-order valence-corrected chi connectivity index (χ3v) is 3.35. The Hall–Kier alpha value is -2.28. The summed E-state index contributed by atoms with van der Waals surface area (Å²) >= 11 is 1.48. The van der Waals surface area contributed by atoms with Crippen molar-refractivity contribution in [1.29, 1.82) is 0 Å². The number of hydrogen-bond acceptors (Lipinski definition) is 6. The summed E-state index contributed by atoms with van der Waals surface area (Å²) in [6, 6.07) is 7.68. The molecule has 0 amide bonds. The topological polar surface area (TPSA) is 75.7 Å². The van der Waals surface area contributed by atoms with Crippen LogP contribution in [0, 0.1) is 0 Å². The maximum atomic E-state index is 5.21.